The van der Waals surface area contributed by atoms with Gasteiger partial charge in [-0.05, 0) is 24.6 Å². The van der Waals surface area contributed by atoms with Gasteiger partial charge in [-0.1, -0.05) is 30.3 Å². The van der Waals surface area contributed by atoms with Crippen LogP contribution in [-0.4, -0.2) is 75.6 Å². The Labute approximate surface area is 215 Å². The van der Waals surface area contributed by atoms with Crippen molar-refractivity contribution in [2.45, 2.75) is 24.6 Å². The number of hydrogen-bond donors (Lipinski definition) is 2. The molecule has 3 amide bonds. The smallest absolute Gasteiger partial charge is 0.317 e. The van der Waals surface area contributed by atoms with Crippen molar-refractivity contribution in [2.75, 3.05) is 33.5 Å². The molecule has 2 N–H and O–H groups in total. The number of ether oxygens (including phenoxy) is 1. The summed E-state index contributed by atoms with van der Waals surface area (Å²) in [6.45, 7) is 0.0890. The summed E-state index contributed by atoms with van der Waals surface area (Å²) in [6.07, 6.45) is 0.333. The Hall–Kier alpha value is -3.93. The highest BCUT2D eigenvalue weighted by Gasteiger charge is 2.28. The quantitative estimate of drug-likeness (QED) is 0.267. The zero-order valence-electron chi connectivity index (χ0n) is 20.9. The van der Waals surface area contributed by atoms with Crippen molar-refractivity contribution >= 4 is 38.7 Å². The first kappa shape index (κ1) is 27.7. The number of benzene rings is 2. The molecule has 0 fully saturated rings. The standard InChI is InChI=1S/C25H30N4O7S/c1-29(2)25(32)28-19(16-37(33,34)15-17-9-4-6-12-21(17)35-3)23(31)26-14-8-11-20(30)24-27-18-10-5-7-13-22(18)36-24/h4-7,9-10,12-13,19H,8,11,14-16H2,1-3H3,(H,26,31)(H,28,32). The number of oxazole rings is 1. The molecule has 0 aliphatic rings. The molecule has 2 aromatic carbocycles. The fourth-order valence-electron chi connectivity index (χ4n) is 3.52. The number of fused-ring (bicyclic) bond motifs is 1. The Kier molecular flexibility index (Phi) is 9.23. The summed E-state index contributed by atoms with van der Waals surface area (Å²) in [5, 5.41) is 5.05. The minimum absolute atomic E-state index is 0.00826. The normalized spacial score (nSPS) is 12.1. The van der Waals surface area contributed by atoms with Gasteiger partial charge in [-0.15, -0.1) is 0 Å². The highest BCUT2D eigenvalue weighted by atomic mass is 32.2. The summed E-state index contributed by atoms with van der Waals surface area (Å²) >= 11 is 0. The number of rotatable bonds is 12. The van der Waals surface area contributed by atoms with Gasteiger partial charge in [0.1, 0.15) is 17.3 Å². The Balaban J connectivity index is 1.59. The second-order valence-electron chi connectivity index (χ2n) is 8.57. The highest BCUT2D eigenvalue weighted by molar-refractivity contribution is 7.90. The summed E-state index contributed by atoms with van der Waals surface area (Å²) in [5.74, 6) is -1.56. The summed E-state index contributed by atoms with van der Waals surface area (Å²) in [5.41, 5.74) is 1.53. The van der Waals surface area contributed by atoms with Crippen LogP contribution in [0.4, 0.5) is 4.79 Å². The van der Waals surface area contributed by atoms with Crippen molar-refractivity contribution in [3.8, 4) is 5.75 Å². The van der Waals surface area contributed by atoms with Crippen molar-refractivity contribution in [1.82, 2.24) is 20.5 Å². The molecule has 0 radical (unpaired) electrons. The van der Waals surface area contributed by atoms with Crippen molar-refractivity contribution in [3.63, 3.8) is 0 Å². The van der Waals surface area contributed by atoms with E-state index in [1.165, 1.54) is 26.1 Å². The van der Waals surface area contributed by atoms with Crippen LogP contribution in [0.3, 0.4) is 0 Å². The predicted molar refractivity (Wildman–Crippen MR) is 137 cm³/mol. The third kappa shape index (κ3) is 7.78. The van der Waals surface area contributed by atoms with E-state index in [9.17, 15) is 22.8 Å². The maximum absolute atomic E-state index is 12.9. The van der Waals surface area contributed by atoms with Gasteiger partial charge in [0.2, 0.25) is 11.7 Å². The fourth-order valence-corrected chi connectivity index (χ4v) is 5.09. The molecule has 0 aliphatic carbocycles. The van der Waals surface area contributed by atoms with Gasteiger partial charge in [-0.3, -0.25) is 9.59 Å². The largest absolute Gasteiger partial charge is 0.496 e. The van der Waals surface area contributed by atoms with Gasteiger partial charge in [0, 0.05) is 32.6 Å². The van der Waals surface area contributed by atoms with Crippen LogP contribution < -0.4 is 15.4 Å². The third-order valence-electron chi connectivity index (χ3n) is 5.42. The second kappa shape index (κ2) is 12.3. The predicted octanol–water partition coefficient (Wildman–Crippen LogP) is 2.17. The average molecular weight is 531 g/mol. The first-order chi connectivity index (χ1) is 17.6. The Morgan fingerprint density at radius 3 is 2.49 bits per heavy atom. The molecule has 0 bridgehead atoms. The second-order valence-corrected chi connectivity index (χ2v) is 10.7. The summed E-state index contributed by atoms with van der Waals surface area (Å²) in [6, 6.07) is 11.7. The minimum Gasteiger partial charge on any atom is -0.496 e. The Morgan fingerprint density at radius 2 is 1.78 bits per heavy atom. The molecular weight excluding hydrogens is 500 g/mol. The molecular formula is C25H30N4O7S. The first-order valence-electron chi connectivity index (χ1n) is 11.6. The highest BCUT2D eigenvalue weighted by Crippen LogP contribution is 2.20. The molecule has 0 saturated heterocycles. The van der Waals surface area contributed by atoms with Crippen LogP contribution in [0.15, 0.2) is 52.9 Å². The van der Waals surface area contributed by atoms with Gasteiger partial charge >= 0.3 is 6.03 Å². The number of aromatic nitrogens is 1. The van der Waals surface area contributed by atoms with E-state index in [1.807, 2.05) is 0 Å². The van der Waals surface area contributed by atoms with Gasteiger partial charge in [0.25, 0.3) is 5.89 Å². The van der Waals surface area contributed by atoms with E-state index in [4.69, 9.17) is 9.15 Å². The number of nitrogens with zero attached hydrogens (tertiary/aromatic N) is 2. The molecule has 198 valence electrons. The van der Waals surface area contributed by atoms with Crippen LogP contribution in [0.5, 0.6) is 5.75 Å². The van der Waals surface area contributed by atoms with Crippen molar-refractivity contribution in [2.24, 2.45) is 0 Å². The van der Waals surface area contributed by atoms with E-state index in [-0.39, 0.29) is 36.8 Å². The van der Waals surface area contributed by atoms with E-state index in [1.54, 1.807) is 48.5 Å². The zero-order valence-corrected chi connectivity index (χ0v) is 21.7. The number of amides is 3. The summed E-state index contributed by atoms with van der Waals surface area (Å²) in [4.78, 5) is 42.8. The number of carbonyl (C=O) groups excluding carboxylic acids is 3. The molecule has 3 rings (SSSR count). The molecule has 1 heterocycles. The maximum atomic E-state index is 12.9. The van der Waals surface area contributed by atoms with E-state index < -0.39 is 33.6 Å². The van der Waals surface area contributed by atoms with E-state index >= 15 is 0 Å². The number of sulfone groups is 1. The van der Waals surface area contributed by atoms with Crippen molar-refractivity contribution < 1.29 is 32.0 Å². The number of carbonyl (C=O) groups is 3. The lowest BCUT2D eigenvalue weighted by atomic mass is 10.2. The number of para-hydroxylation sites is 3. The molecule has 0 spiro atoms. The minimum atomic E-state index is -3.82. The van der Waals surface area contributed by atoms with Gasteiger partial charge in [-0.2, -0.15) is 0 Å². The third-order valence-corrected chi connectivity index (χ3v) is 7.01. The molecule has 37 heavy (non-hydrogen) atoms. The lowest BCUT2D eigenvalue weighted by molar-refractivity contribution is -0.122. The number of hydrogen-bond acceptors (Lipinski definition) is 8. The molecule has 0 saturated carbocycles. The topological polar surface area (TPSA) is 148 Å². The van der Waals surface area contributed by atoms with Crippen LogP contribution in [0.2, 0.25) is 0 Å². The SMILES string of the molecule is COc1ccccc1CS(=O)(=O)CC(NC(=O)N(C)C)C(=O)NCCCC(=O)c1nc2ccccc2o1. The molecule has 11 nitrogen and oxygen atoms in total. The number of urea groups is 1. The van der Waals surface area contributed by atoms with Gasteiger partial charge in [-0.25, -0.2) is 18.2 Å². The lowest BCUT2D eigenvalue weighted by Crippen LogP contribution is -2.53. The Bertz CT molecular complexity index is 1340. The molecule has 0 aliphatic heterocycles. The van der Waals surface area contributed by atoms with E-state index in [0.717, 1.165) is 0 Å². The fraction of sp³-hybridized carbons (Fsp3) is 0.360. The van der Waals surface area contributed by atoms with E-state index in [2.05, 4.69) is 15.6 Å². The molecule has 1 aromatic heterocycles. The van der Waals surface area contributed by atoms with E-state index in [0.29, 0.717) is 22.4 Å². The van der Waals surface area contributed by atoms with Crippen LogP contribution in [0.25, 0.3) is 11.1 Å². The number of Topliss-reactive ketones (excluding diaryl/α,β-unsaturated/α-hetero) is 1. The van der Waals surface area contributed by atoms with Crippen molar-refractivity contribution in [3.05, 3.63) is 60.0 Å². The number of methoxy groups -OCH3 is 1. The lowest BCUT2D eigenvalue weighted by Gasteiger charge is -2.21. The summed E-state index contributed by atoms with van der Waals surface area (Å²) in [7, 11) is 0.569. The number of ketones is 1. The first-order valence-corrected chi connectivity index (χ1v) is 13.4. The van der Waals surface area contributed by atoms with Crippen LogP contribution in [0.1, 0.15) is 29.1 Å². The maximum Gasteiger partial charge on any atom is 0.317 e. The van der Waals surface area contributed by atoms with Crippen LogP contribution in [-0.2, 0) is 20.4 Å². The number of nitrogens with one attached hydrogen (secondary N) is 2. The van der Waals surface area contributed by atoms with Crippen LogP contribution in [0, 0.1) is 0 Å². The molecule has 1 atom stereocenters. The van der Waals surface area contributed by atoms with Gasteiger partial charge in [0.05, 0.1) is 18.6 Å². The van der Waals surface area contributed by atoms with Crippen molar-refractivity contribution in [1.29, 1.82) is 0 Å². The molecule has 3 aromatic rings. The average Bonchev–Trinajstić information content (AvgIpc) is 3.30. The molecule has 1 unspecified atom stereocenters. The van der Waals surface area contributed by atoms with Gasteiger partial charge < -0.3 is 24.7 Å². The van der Waals surface area contributed by atoms with Crippen LogP contribution >= 0.6 is 0 Å². The van der Waals surface area contributed by atoms with Gasteiger partial charge in [0.15, 0.2) is 15.4 Å². The summed E-state index contributed by atoms with van der Waals surface area (Å²) < 4.78 is 36.5. The Morgan fingerprint density at radius 1 is 1.08 bits per heavy atom. The zero-order chi connectivity index (χ0) is 27.0. The molecule has 12 heteroatoms. The monoisotopic (exact) mass is 530 g/mol.